The molecule has 0 spiro atoms. The van der Waals surface area contributed by atoms with Gasteiger partial charge in [0.25, 0.3) is 0 Å². The molecular weight excluding hydrogens is 389 g/mol. The van der Waals surface area contributed by atoms with Crippen LogP contribution in [0.1, 0.15) is 16.8 Å². The van der Waals surface area contributed by atoms with Gasteiger partial charge in [0.05, 0.1) is 11.4 Å². The number of hydrogen-bond acceptors (Lipinski definition) is 3. The maximum absolute atomic E-state index is 14.2. The number of sulfonamides is 1. The highest BCUT2D eigenvalue weighted by Gasteiger charge is 2.18. The van der Waals surface area contributed by atoms with Crippen molar-refractivity contribution < 1.29 is 12.8 Å². The molecule has 154 valence electrons. The van der Waals surface area contributed by atoms with Crippen LogP contribution in [0.2, 0.25) is 0 Å². The van der Waals surface area contributed by atoms with Gasteiger partial charge in [-0.05, 0) is 48.7 Å². The number of hydrogen-bond donors (Lipinski definition) is 1. The number of benzene rings is 2. The van der Waals surface area contributed by atoms with E-state index in [2.05, 4.69) is 0 Å². The fourth-order valence-electron chi connectivity index (χ4n) is 3.47. The van der Waals surface area contributed by atoms with E-state index in [1.54, 1.807) is 12.1 Å². The molecule has 1 heterocycles. The standard InChI is InChI=1S/C22H26FN3O2S/c1-16-21(14-17-8-10-19(11-9-17)29(27,28)25(2)3)20-6-4-5-7-22(20)26(16)15-18(23)12-13-24/h4-12H,13-15,24H2,1-3H3/b18-12-. The molecule has 7 heteroatoms. The molecule has 0 unspecified atom stereocenters. The van der Waals surface area contributed by atoms with Gasteiger partial charge in [0, 0.05) is 37.2 Å². The van der Waals surface area contributed by atoms with Crippen molar-refractivity contribution in [2.45, 2.75) is 24.8 Å². The molecule has 3 rings (SSSR count). The Hall–Kier alpha value is -2.48. The Bertz CT molecular complexity index is 1150. The minimum atomic E-state index is -3.45. The number of fused-ring (bicyclic) bond motifs is 1. The summed E-state index contributed by atoms with van der Waals surface area (Å²) >= 11 is 0. The number of aromatic nitrogens is 1. The van der Waals surface area contributed by atoms with Gasteiger partial charge in [0.1, 0.15) is 5.83 Å². The molecule has 0 aliphatic carbocycles. The predicted octanol–water partition coefficient (Wildman–Crippen LogP) is 3.60. The summed E-state index contributed by atoms with van der Waals surface area (Å²) in [6, 6.07) is 14.8. The highest BCUT2D eigenvalue weighted by molar-refractivity contribution is 7.89. The lowest BCUT2D eigenvalue weighted by molar-refractivity contribution is 0.520. The third-order valence-corrected chi connectivity index (χ3v) is 6.92. The number of para-hydroxylation sites is 1. The zero-order valence-electron chi connectivity index (χ0n) is 16.9. The molecule has 29 heavy (non-hydrogen) atoms. The Labute approximate surface area is 171 Å². The molecular formula is C22H26FN3O2S. The van der Waals surface area contributed by atoms with Crippen LogP contribution < -0.4 is 5.73 Å². The van der Waals surface area contributed by atoms with Crippen LogP contribution in [0, 0.1) is 6.92 Å². The minimum absolute atomic E-state index is 0.142. The topological polar surface area (TPSA) is 68.3 Å². The van der Waals surface area contributed by atoms with Gasteiger partial charge in [-0.25, -0.2) is 17.1 Å². The zero-order valence-corrected chi connectivity index (χ0v) is 17.7. The smallest absolute Gasteiger partial charge is 0.242 e. The Balaban J connectivity index is 1.99. The number of nitrogens with two attached hydrogens (primary N) is 1. The molecule has 2 N–H and O–H groups in total. The van der Waals surface area contributed by atoms with E-state index >= 15 is 0 Å². The van der Waals surface area contributed by atoms with Gasteiger partial charge in [0.2, 0.25) is 10.0 Å². The quantitative estimate of drug-likeness (QED) is 0.641. The Morgan fingerprint density at radius 2 is 1.79 bits per heavy atom. The van der Waals surface area contributed by atoms with E-state index in [1.165, 1.54) is 24.5 Å². The number of allylic oxidation sites excluding steroid dienone is 1. The van der Waals surface area contributed by atoms with Gasteiger partial charge < -0.3 is 10.3 Å². The van der Waals surface area contributed by atoms with Crippen molar-refractivity contribution in [1.82, 2.24) is 8.87 Å². The van der Waals surface area contributed by atoms with E-state index < -0.39 is 10.0 Å². The van der Waals surface area contributed by atoms with Crippen molar-refractivity contribution in [2.75, 3.05) is 20.6 Å². The fourth-order valence-corrected chi connectivity index (χ4v) is 4.37. The number of halogens is 1. The van der Waals surface area contributed by atoms with E-state index in [4.69, 9.17) is 5.73 Å². The first kappa shape index (κ1) is 21.2. The summed E-state index contributed by atoms with van der Waals surface area (Å²) in [5.41, 5.74) is 9.47. The lowest BCUT2D eigenvalue weighted by atomic mass is 10.0. The summed E-state index contributed by atoms with van der Waals surface area (Å²) in [6.07, 6.45) is 2.02. The van der Waals surface area contributed by atoms with Crippen LogP contribution in [-0.2, 0) is 23.0 Å². The summed E-state index contributed by atoms with van der Waals surface area (Å²) in [6.45, 7) is 2.29. The second kappa shape index (κ2) is 8.49. The zero-order chi connectivity index (χ0) is 21.2. The Morgan fingerprint density at radius 3 is 2.41 bits per heavy atom. The maximum Gasteiger partial charge on any atom is 0.242 e. The third kappa shape index (κ3) is 4.27. The molecule has 0 aliphatic heterocycles. The highest BCUT2D eigenvalue weighted by Crippen LogP contribution is 2.29. The molecule has 0 bridgehead atoms. The van der Waals surface area contributed by atoms with E-state index in [9.17, 15) is 12.8 Å². The van der Waals surface area contributed by atoms with Crippen LogP contribution in [0.5, 0.6) is 0 Å². The first-order chi connectivity index (χ1) is 13.8. The van der Waals surface area contributed by atoms with Crippen LogP contribution in [0.15, 0.2) is 65.3 Å². The van der Waals surface area contributed by atoms with Crippen molar-refractivity contribution in [2.24, 2.45) is 5.73 Å². The monoisotopic (exact) mass is 415 g/mol. The van der Waals surface area contributed by atoms with Crippen LogP contribution in [0.3, 0.4) is 0 Å². The molecule has 0 fully saturated rings. The average molecular weight is 416 g/mol. The lowest BCUT2D eigenvalue weighted by Crippen LogP contribution is -2.22. The molecule has 0 radical (unpaired) electrons. The van der Waals surface area contributed by atoms with Crippen LogP contribution in [0.4, 0.5) is 4.39 Å². The third-order valence-electron chi connectivity index (χ3n) is 5.09. The van der Waals surface area contributed by atoms with Crippen LogP contribution >= 0.6 is 0 Å². The summed E-state index contributed by atoms with van der Waals surface area (Å²) in [4.78, 5) is 0.263. The van der Waals surface area contributed by atoms with Crippen LogP contribution in [0.25, 0.3) is 10.9 Å². The number of rotatable bonds is 7. The largest absolute Gasteiger partial charge is 0.338 e. The fraction of sp³-hybridized carbons (Fsp3) is 0.273. The van der Waals surface area contributed by atoms with Gasteiger partial charge in [-0.15, -0.1) is 0 Å². The number of nitrogens with zero attached hydrogens (tertiary/aromatic N) is 2. The van der Waals surface area contributed by atoms with Gasteiger partial charge in [-0.2, -0.15) is 0 Å². The summed E-state index contributed by atoms with van der Waals surface area (Å²) in [5.74, 6) is -0.263. The SMILES string of the molecule is Cc1c(Cc2ccc(S(=O)(=O)N(C)C)cc2)c2ccccc2n1C/C(F)=C/CN. The summed E-state index contributed by atoms with van der Waals surface area (Å²) in [7, 11) is -0.426. The first-order valence-corrected chi connectivity index (χ1v) is 10.8. The van der Waals surface area contributed by atoms with E-state index in [1.807, 2.05) is 47.9 Å². The molecule has 3 aromatic rings. The van der Waals surface area contributed by atoms with Crippen molar-refractivity contribution in [1.29, 1.82) is 0 Å². The van der Waals surface area contributed by atoms with Crippen molar-refractivity contribution in [3.05, 3.63) is 77.3 Å². The predicted molar refractivity (Wildman–Crippen MR) is 115 cm³/mol. The highest BCUT2D eigenvalue weighted by atomic mass is 32.2. The van der Waals surface area contributed by atoms with Gasteiger partial charge in [0.15, 0.2) is 0 Å². The molecule has 0 amide bonds. The maximum atomic E-state index is 14.2. The first-order valence-electron chi connectivity index (χ1n) is 9.38. The molecule has 0 aliphatic rings. The van der Waals surface area contributed by atoms with Gasteiger partial charge in [-0.3, -0.25) is 0 Å². The van der Waals surface area contributed by atoms with E-state index in [0.717, 1.165) is 27.7 Å². The van der Waals surface area contributed by atoms with E-state index in [-0.39, 0.29) is 23.8 Å². The van der Waals surface area contributed by atoms with Gasteiger partial charge in [-0.1, -0.05) is 30.3 Å². The van der Waals surface area contributed by atoms with Gasteiger partial charge >= 0.3 is 0 Å². The van der Waals surface area contributed by atoms with E-state index in [0.29, 0.717) is 6.42 Å². The molecule has 2 aromatic carbocycles. The molecule has 0 atom stereocenters. The lowest BCUT2D eigenvalue weighted by Gasteiger charge is -2.12. The molecule has 0 saturated carbocycles. The molecule has 0 saturated heterocycles. The van der Waals surface area contributed by atoms with Crippen molar-refractivity contribution >= 4 is 20.9 Å². The molecule has 1 aromatic heterocycles. The van der Waals surface area contributed by atoms with Crippen LogP contribution in [-0.4, -0.2) is 37.9 Å². The summed E-state index contributed by atoms with van der Waals surface area (Å²) in [5, 5.41) is 1.07. The second-order valence-corrected chi connectivity index (χ2v) is 9.31. The van der Waals surface area contributed by atoms with Crippen molar-refractivity contribution in [3.63, 3.8) is 0 Å². The van der Waals surface area contributed by atoms with Crippen molar-refractivity contribution in [3.8, 4) is 0 Å². The average Bonchev–Trinajstić information content (AvgIpc) is 2.94. The second-order valence-electron chi connectivity index (χ2n) is 7.16. The molecule has 5 nitrogen and oxygen atoms in total. The summed E-state index contributed by atoms with van der Waals surface area (Å²) < 4.78 is 41.8. The normalized spacial score (nSPS) is 12.8. The Kier molecular flexibility index (Phi) is 6.21. The minimum Gasteiger partial charge on any atom is -0.338 e. The Morgan fingerprint density at radius 1 is 1.14 bits per heavy atom.